The number of rotatable bonds is 5. The molecule has 0 amide bonds. The molecule has 1 heterocycles. The standard InChI is InChI=1S/C21H16FO4PS/c22-16-7-8-20-17(11-16)18(12-28-20)21(27(24,25)26)19(23)10-13-5-6-14-3-1-2-4-15(14)9-13/h1-9,11-12,21H,10H2,(H2,24,25,26). The van der Waals surface area contributed by atoms with Crippen molar-refractivity contribution in [3.63, 3.8) is 0 Å². The molecule has 142 valence electrons. The number of ketones is 1. The first-order valence-electron chi connectivity index (χ1n) is 8.55. The highest BCUT2D eigenvalue weighted by molar-refractivity contribution is 7.53. The van der Waals surface area contributed by atoms with Gasteiger partial charge in [-0.25, -0.2) is 4.39 Å². The van der Waals surface area contributed by atoms with Crippen molar-refractivity contribution in [1.29, 1.82) is 0 Å². The van der Waals surface area contributed by atoms with E-state index in [9.17, 15) is 23.5 Å². The van der Waals surface area contributed by atoms with E-state index in [1.165, 1.54) is 28.8 Å². The first-order chi connectivity index (χ1) is 13.3. The molecule has 2 N–H and O–H groups in total. The Morgan fingerprint density at radius 2 is 1.79 bits per heavy atom. The minimum absolute atomic E-state index is 0.118. The average molecular weight is 414 g/mol. The van der Waals surface area contributed by atoms with Crippen LogP contribution in [0.3, 0.4) is 0 Å². The number of Topliss-reactive ketones (excluding diaryl/α,β-unsaturated/α-hetero) is 1. The van der Waals surface area contributed by atoms with Crippen LogP contribution in [-0.4, -0.2) is 15.6 Å². The van der Waals surface area contributed by atoms with Crippen LogP contribution in [0.2, 0.25) is 0 Å². The van der Waals surface area contributed by atoms with E-state index < -0.39 is 24.9 Å². The van der Waals surface area contributed by atoms with Crippen molar-refractivity contribution >= 4 is 45.6 Å². The molecular weight excluding hydrogens is 398 g/mol. The van der Waals surface area contributed by atoms with Gasteiger partial charge >= 0.3 is 7.60 Å². The number of carbonyl (C=O) groups excluding carboxylic acids is 1. The summed E-state index contributed by atoms with van der Waals surface area (Å²) in [5.74, 6) is -1.11. The Labute approximate surface area is 164 Å². The summed E-state index contributed by atoms with van der Waals surface area (Å²) in [6, 6.07) is 17.2. The lowest BCUT2D eigenvalue weighted by molar-refractivity contribution is -0.118. The molecule has 1 atom stereocenters. The predicted molar refractivity (Wildman–Crippen MR) is 109 cm³/mol. The van der Waals surface area contributed by atoms with Crippen LogP contribution in [0.4, 0.5) is 4.39 Å². The maximum Gasteiger partial charge on any atom is 0.340 e. The van der Waals surface area contributed by atoms with Crippen LogP contribution in [0.25, 0.3) is 20.9 Å². The number of thiophene rings is 1. The van der Waals surface area contributed by atoms with Crippen molar-refractivity contribution in [2.45, 2.75) is 12.1 Å². The number of benzene rings is 3. The predicted octanol–water partition coefficient (Wildman–Crippen LogP) is 5.22. The zero-order chi connectivity index (χ0) is 19.9. The van der Waals surface area contributed by atoms with Crippen molar-refractivity contribution in [3.8, 4) is 0 Å². The smallest absolute Gasteiger partial charge is 0.324 e. The van der Waals surface area contributed by atoms with E-state index in [0.29, 0.717) is 15.6 Å². The second-order valence-electron chi connectivity index (χ2n) is 6.65. The Kier molecular flexibility index (Phi) is 4.89. The normalized spacial score (nSPS) is 13.1. The summed E-state index contributed by atoms with van der Waals surface area (Å²) in [6.07, 6.45) is -0.118. The lowest BCUT2D eigenvalue weighted by atomic mass is 9.99. The van der Waals surface area contributed by atoms with Gasteiger partial charge in [0.15, 0.2) is 5.78 Å². The summed E-state index contributed by atoms with van der Waals surface area (Å²) in [5, 5.41) is 3.87. The molecule has 0 aliphatic heterocycles. The highest BCUT2D eigenvalue weighted by Crippen LogP contribution is 2.55. The molecule has 1 aromatic heterocycles. The molecule has 3 aromatic carbocycles. The van der Waals surface area contributed by atoms with Gasteiger partial charge in [0.2, 0.25) is 0 Å². The number of halogens is 1. The molecule has 0 aliphatic rings. The Morgan fingerprint density at radius 1 is 1.04 bits per heavy atom. The van der Waals surface area contributed by atoms with Gasteiger partial charge in [0.25, 0.3) is 0 Å². The quantitative estimate of drug-likeness (QED) is 0.439. The molecule has 28 heavy (non-hydrogen) atoms. The molecule has 1 unspecified atom stereocenters. The monoisotopic (exact) mass is 414 g/mol. The Morgan fingerprint density at radius 3 is 2.54 bits per heavy atom. The second kappa shape index (κ2) is 7.22. The van der Waals surface area contributed by atoms with Crippen LogP contribution in [0.15, 0.2) is 66.0 Å². The third kappa shape index (κ3) is 3.64. The molecule has 0 aliphatic carbocycles. The van der Waals surface area contributed by atoms with E-state index in [1.807, 2.05) is 36.4 Å². The summed E-state index contributed by atoms with van der Waals surface area (Å²) in [5.41, 5.74) is -0.763. The molecule has 4 nitrogen and oxygen atoms in total. The van der Waals surface area contributed by atoms with E-state index in [0.717, 1.165) is 10.8 Å². The Balaban J connectivity index is 1.73. The minimum Gasteiger partial charge on any atom is -0.324 e. The molecular formula is C21H16FO4PS. The van der Waals surface area contributed by atoms with Gasteiger partial charge in [-0.2, -0.15) is 0 Å². The van der Waals surface area contributed by atoms with E-state index in [1.54, 1.807) is 12.1 Å². The van der Waals surface area contributed by atoms with Gasteiger partial charge < -0.3 is 9.79 Å². The highest BCUT2D eigenvalue weighted by Gasteiger charge is 2.38. The van der Waals surface area contributed by atoms with Gasteiger partial charge in [0, 0.05) is 11.1 Å². The van der Waals surface area contributed by atoms with E-state index in [2.05, 4.69) is 0 Å². The van der Waals surface area contributed by atoms with Gasteiger partial charge in [-0.05, 0) is 50.9 Å². The summed E-state index contributed by atoms with van der Waals surface area (Å²) >= 11 is 1.23. The molecule has 0 bridgehead atoms. The SMILES string of the molecule is O=C(Cc1ccc2ccccc2c1)C(c1csc2ccc(F)cc12)P(=O)(O)O. The van der Waals surface area contributed by atoms with Crippen LogP contribution in [0, 0.1) is 5.82 Å². The fourth-order valence-electron chi connectivity index (χ4n) is 3.42. The van der Waals surface area contributed by atoms with Crippen LogP contribution in [0.1, 0.15) is 16.8 Å². The van der Waals surface area contributed by atoms with Crippen LogP contribution in [-0.2, 0) is 15.8 Å². The Bertz CT molecular complexity index is 1240. The summed E-state index contributed by atoms with van der Waals surface area (Å²) in [7, 11) is -4.79. The summed E-state index contributed by atoms with van der Waals surface area (Å²) in [4.78, 5) is 32.7. The molecule has 0 saturated heterocycles. The zero-order valence-corrected chi connectivity index (χ0v) is 16.3. The van der Waals surface area contributed by atoms with Gasteiger partial charge in [0.1, 0.15) is 11.5 Å². The lowest BCUT2D eigenvalue weighted by Gasteiger charge is -2.17. The molecule has 0 fully saturated rings. The fraction of sp³-hybridized carbons (Fsp3) is 0.0952. The van der Waals surface area contributed by atoms with Crippen molar-refractivity contribution in [1.82, 2.24) is 0 Å². The van der Waals surface area contributed by atoms with Gasteiger partial charge in [-0.1, -0.05) is 42.5 Å². The van der Waals surface area contributed by atoms with Crippen LogP contribution < -0.4 is 0 Å². The molecule has 4 rings (SSSR count). The van der Waals surface area contributed by atoms with Gasteiger partial charge in [-0.15, -0.1) is 11.3 Å². The molecule has 0 saturated carbocycles. The van der Waals surface area contributed by atoms with Crippen LogP contribution in [0.5, 0.6) is 0 Å². The first-order valence-corrected chi connectivity index (χ1v) is 11.1. The lowest BCUT2D eigenvalue weighted by Crippen LogP contribution is -2.15. The maximum atomic E-state index is 13.7. The maximum absolute atomic E-state index is 13.7. The number of carbonyl (C=O) groups is 1. The molecule has 0 spiro atoms. The fourth-order valence-corrected chi connectivity index (χ4v) is 5.53. The van der Waals surface area contributed by atoms with Crippen molar-refractivity contribution in [2.24, 2.45) is 0 Å². The van der Waals surface area contributed by atoms with E-state index in [-0.39, 0.29) is 12.0 Å². The Hall–Kier alpha value is -2.37. The zero-order valence-electron chi connectivity index (χ0n) is 14.6. The topological polar surface area (TPSA) is 74.6 Å². The molecule has 7 heteroatoms. The van der Waals surface area contributed by atoms with Crippen molar-refractivity contribution in [2.75, 3.05) is 0 Å². The van der Waals surface area contributed by atoms with Gasteiger partial charge in [-0.3, -0.25) is 9.36 Å². The number of hydrogen-bond donors (Lipinski definition) is 2. The summed E-state index contributed by atoms with van der Waals surface area (Å²) in [6.45, 7) is 0. The first kappa shape index (κ1) is 19.0. The van der Waals surface area contributed by atoms with Gasteiger partial charge in [0.05, 0.1) is 0 Å². The highest BCUT2D eigenvalue weighted by atomic mass is 32.1. The van der Waals surface area contributed by atoms with E-state index in [4.69, 9.17) is 0 Å². The van der Waals surface area contributed by atoms with Crippen molar-refractivity contribution in [3.05, 3.63) is 83.0 Å². The number of fused-ring (bicyclic) bond motifs is 2. The molecule has 0 radical (unpaired) electrons. The number of hydrogen-bond acceptors (Lipinski definition) is 3. The van der Waals surface area contributed by atoms with E-state index >= 15 is 0 Å². The second-order valence-corrected chi connectivity index (χ2v) is 9.25. The minimum atomic E-state index is -4.79. The van der Waals surface area contributed by atoms with Crippen molar-refractivity contribution < 1.29 is 23.5 Å². The average Bonchev–Trinajstić information content (AvgIpc) is 3.03. The molecule has 4 aromatic rings. The van der Waals surface area contributed by atoms with Crippen LogP contribution >= 0.6 is 18.9 Å². The third-order valence-corrected chi connectivity index (χ3v) is 6.91. The largest absolute Gasteiger partial charge is 0.340 e. The third-order valence-electron chi connectivity index (χ3n) is 4.69. The summed E-state index contributed by atoms with van der Waals surface area (Å²) < 4.78 is 26.5.